The minimum absolute atomic E-state index is 0.112. The molecule has 7 heteroatoms. The molecule has 2 rings (SSSR count). The van der Waals surface area contributed by atoms with Crippen LogP contribution in [0.2, 0.25) is 0 Å². The van der Waals surface area contributed by atoms with E-state index >= 15 is 0 Å². The number of carboxylic acids is 1. The summed E-state index contributed by atoms with van der Waals surface area (Å²) in [6, 6.07) is 15.4. The average molecular weight is 369 g/mol. The Hall–Kier alpha value is -3.35. The molecule has 0 fully saturated rings. The molecule has 7 nitrogen and oxygen atoms in total. The van der Waals surface area contributed by atoms with Crippen LogP contribution in [0.5, 0.6) is 0 Å². The maximum atomic E-state index is 12.3. The number of carbonyl (C=O) groups excluding carboxylic acids is 2. The lowest BCUT2D eigenvalue weighted by atomic mass is 10.1. The summed E-state index contributed by atoms with van der Waals surface area (Å²) in [5, 5.41) is 14.3. The monoisotopic (exact) mass is 369 g/mol. The number of carbonyl (C=O) groups is 3. The number of carboxylic acid groups (broad SMARTS) is 1. The quantitative estimate of drug-likeness (QED) is 0.698. The van der Waals surface area contributed by atoms with E-state index in [-0.39, 0.29) is 30.9 Å². The van der Waals surface area contributed by atoms with E-state index in [1.54, 1.807) is 49.5 Å². The van der Waals surface area contributed by atoms with E-state index in [9.17, 15) is 14.4 Å². The molecular formula is C20H23N3O4. The highest BCUT2D eigenvalue weighted by molar-refractivity contribution is 6.04. The first-order valence-electron chi connectivity index (χ1n) is 8.56. The minimum Gasteiger partial charge on any atom is -0.481 e. The maximum absolute atomic E-state index is 12.3. The molecule has 0 radical (unpaired) electrons. The molecule has 0 saturated heterocycles. The zero-order chi connectivity index (χ0) is 19.8. The third-order valence-corrected chi connectivity index (χ3v) is 4.03. The van der Waals surface area contributed by atoms with Gasteiger partial charge in [0.1, 0.15) is 0 Å². The lowest BCUT2D eigenvalue weighted by Gasteiger charge is -2.21. The second-order valence-electron chi connectivity index (χ2n) is 6.18. The van der Waals surface area contributed by atoms with Crippen molar-refractivity contribution >= 4 is 23.6 Å². The smallest absolute Gasteiger partial charge is 0.317 e. The second kappa shape index (κ2) is 9.38. The van der Waals surface area contributed by atoms with Crippen molar-refractivity contribution in [3.63, 3.8) is 0 Å². The van der Waals surface area contributed by atoms with Gasteiger partial charge in [-0.05, 0) is 36.8 Å². The lowest BCUT2D eigenvalue weighted by Crippen LogP contribution is -2.39. The normalized spacial score (nSPS) is 11.3. The predicted molar refractivity (Wildman–Crippen MR) is 103 cm³/mol. The van der Waals surface area contributed by atoms with Crippen molar-refractivity contribution in [2.45, 2.75) is 19.4 Å². The molecule has 0 aromatic heterocycles. The summed E-state index contributed by atoms with van der Waals surface area (Å²) < 4.78 is 0. The molecule has 3 N–H and O–H groups in total. The van der Waals surface area contributed by atoms with Crippen molar-refractivity contribution in [2.24, 2.45) is 0 Å². The summed E-state index contributed by atoms with van der Waals surface area (Å²) in [6.45, 7) is 1.95. The van der Waals surface area contributed by atoms with Crippen molar-refractivity contribution in [2.75, 3.05) is 18.9 Å². The fourth-order valence-corrected chi connectivity index (χ4v) is 2.42. The van der Waals surface area contributed by atoms with Crippen LogP contribution in [-0.4, -0.2) is 41.5 Å². The first kappa shape index (κ1) is 20.0. The Morgan fingerprint density at radius 2 is 1.78 bits per heavy atom. The standard InChI is InChI=1S/C20H23N3O4/c1-14(21-20(27)23(2)12-11-18(24)25)16-9-6-10-17(13-16)22-19(26)15-7-4-3-5-8-15/h3-10,13-14H,11-12H2,1-2H3,(H,21,27)(H,22,26)(H,24,25). The Labute approximate surface area is 158 Å². The van der Waals surface area contributed by atoms with Crippen LogP contribution in [0.3, 0.4) is 0 Å². The van der Waals surface area contributed by atoms with Gasteiger partial charge in [-0.2, -0.15) is 0 Å². The van der Waals surface area contributed by atoms with Crippen LogP contribution < -0.4 is 10.6 Å². The number of benzene rings is 2. The molecule has 0 aliphatic carbocycles. The minimum atomic E-state index is -0.954. The molecule has 2 aromatic carbocycles. The van der Waals surface area contributed by atoms with Crippen LogP contribution in [0.4, 0.5) is 10.5 Å². The molecule has 0 aliphatic rings. The summed E-state index contributed by atoms with van der Waals surface area (Å²) >= 11 is 0. The molecule has 1 unspecified atom stereocenters. The third-order valence-electron chi connectivity index (χ3n) is 4.03. The number of amides is 3. The van der Waals surface area contributed by atoms with Gasteiger partial charge in [0.05, 0.1) is 12.5 Å². The highest BCUT2D eigenvalue weighted by Crippen LogP contribution is 2.18. The summed E-state index contributed by atoms with van der Waals surface area (Å²) in [6.07, 6.45) is -0.112. The van der Waals surface area contributed by atoms with Gasteiger partial charge >= 0.3 is 12.0 Å². The molecule has 2 aromatic rings. The molecule has 0 aliphatic heterocycles. The van der Waals surface area contributed by atoms with Crippen LogP contribution in [0.25, 0.3) is 0 Å². The number of hydrogen-bond donors (Lipinski definition) is 3. The molecule has 0 bridgehead atoms. The highest BCUT2D eigenvalue weighted by atomic mass is 16.4. The fourth-order valence-electron chi connectivity index (χ4n) is 2.42. The van der Waals surface area contributed by atoms with Crippen LogP contribution >= 0.6 is 0 Å². The number of nitrogens with one attached hydrogen (secondary N) is 2. The molecule has 1 atom stereocenters. The summed E-state index contributed by atoms with van der Waals surface area (Å²) in [4.78, 5) is 36.3. The van der Waals surface area contributed by atoms with Crippen LogP contribution in [0, 0.1) is 0 Å². The van der Waals surface area contributed by atoms with E-state index < -0.39 is 5.97 Å². The maximum Gasteiger partial charge on any atom is 0.317 e. The Bertz CT molecular complexity index is 808. The van der Waals surface area contributed by atoms with Gasteiger partial charge in [0.15, 0.2) is 0 Å². The lowest BCUT2D eigenvalue weighted by molar-refractivity contribution is -0.137. The van der Waals surface area contributed by atoms with Gasteiger partial charge in [0, 0.05) is 24.8 Å². The summed E-state index contributed by atoms with van der Waals surface area (Å²) in [7, 11) is 1.54. The Morgan fingerprint density at radius 1 is 1.07 bits per heavy atom. The highest BCUT2D eigenvalue weighted by Gasteiger charge is 2.15. The Balaban J connectivity index is 1.98. The fraction of sp³-hybridized carbons (Fsp3) is 0.250. The molecule has 3 amide bonds. The topological polar surface area (TPSA) is 98.7 Å². The van der Waals surface area contributed by atoms with Crippen LogP contribution in [0.15, 0.2) is 54.6 Å². The van der Waals surface area contributed by atoms with Crippen LogP contribution in [0.1, 0.15) is 35.3 Å². The van der Waals surface area contributed by atoms with E-state index in [4.69, 9.17) is 5.11 Å². The number of aliphatic carboxylic acids is 1. The molecular weight excluding hydrogens is 346 g/mol. The zero-order valence-electron chi connectivity index (χ0n) is 15.3. The zero-order valence-corrected chi connectivity index (χ0v) is 15.3. The van der Waals surface area contributed by atoms with Crippen LogP contribution in [-0.2, 0) is 4.79 Å². The first-order chi connectivity index (χ1) is 12.9. The largest absolute Gasteiger partial charge is 0.481 e. The van der Waals surface area contributed by atoms with Gasteiger partial charge in [0.2, 0.25) is 0 Å². The van der Waals surface area contributed by atoms with Gasteiger partial charge < -0.3 is 20.6 Å². The van der Waals surface area contributed by atoms with Gasteiger partial charge in [-0.15, -0.1) is 0 Å². The average Bonchev–Trinajstić information content (AvgIpc) is 2.66. The van der Waals surface area contributed by atoms with Gasteiger partial charge in [-0.25, -0.2) is 4.79 Å². The number of urea groups is 1. The van der Waals surface area contributed by atoms with Crippen molar-refractivity contribution in [1.82, 2.24) is 10.2 Å². The molecule has 0 spiro atoms. The van der Waals surface area contributed by atoms with E-state index in [1.807, 2.05) is 19.1 Å². The number of anilines is 1. The van der Waals surface area contributed by atoms with E-state index in [0.717, 1.165) is 5.56 Å². The third kappa shape index (κ3) is 6.14. The first-order valence-corrected chi connectivity index (χ1v) is 8.56. The predicted octanol–water partition coefficient (Wildman–Crippen LogP) is 3.12. The van der Waals surface area contributed by atoms with Gasteiger partial charge in [-0.1, -0.05) is 30.3 Å². The van der Waals surface area contributed by atoms with Crippen molar-refractivity contribution < 1.29 is 19.5 Å². The van der Waals surface area contributed by atoms with E-state index in [2.05, 4.69) is 10.6 Å². The summed E-state index contributed by atoms with van der Waals surface area (Å²) in [5.74, 6) is -1.16. The van der Waals surface area contributed by atoms with E-state index in [0.29, 0.717) is 11.3 Å². The van der Waals surface area contributed by atoms with Crippen molar-refractivity contribution in [3.05, 3.63) is 65.7 Å². The summed E-state index contributed by atoms with van der Waals surface area (Å²) in [5.41, 5.74) is 2.01. The molecule has 142 valence electrons. The SMILES string of the molecule is CC(NC(=O)N(C)CCC(=O)O)c1cccc(NC(=O)c2ccccc2)c1. The molecule has 0 saturated carbocycles. The second-order valence-corrected chi connectivity index (χ2v) is 6.18. The number of hydrogen-bond acceptors (Lipinski definition) is 3. The van der Waals surface area contributed by atoms with E-state index in [1.165, 1.54) is 4.90 Å². The number of rotatable bonds is 7. The van der Waals surface area contributed by atoms with Gasteiger partial charge in [0.25, 0.3) is 5.91 Å². The van der Waals surface area contributed by atoms with Crippen molar-refractivity contribution in [1.29, 1.82) is 0 Å². The molecule has 0 heterocycles. The van der Waals surface area contributed by atoms with Crippen molar-refractivity contribution in [3.8, 4) is 0 Å². The Kier molecular flexibility index (Phi) is 6.93. The molecule has 27 heavy (non-hydrogen) atoms. The number of nitrogens with zero attached hydrogens (tertiary/aromatic N) is 1. The van der Waals surface area contributed by atoms with Gasteiger partial charge in [-0.3, -0.25) is 9.59 Å². The Morgan fingerprint density at radius 3 is 2.44 bits per heavy atom.